The van der Waals surface area contributed by atoms with E-state index in [1.165, 1.54) is 12.1 Å². The van der Waals surface area contributed by atoms with E-state index >= 15 is 0 Å². The van der Waals surface area contributed by atoms with Crippen molar-refractivity contribution in [3.05, 3.63) is 53.4 Å². The first kappa shape index (κ1) is 19.5. The molecule has 0 radical (unpaired) electrons. The lowest BCUT2D eigenvalue weighted by Crippen LogP contribution is -2.31. The van der Waals surface area contributed by atoms with Crippen LogP contribution in [-0.2, 0) is 9.53 Å². The molecule has 2 aliphatic heterocycles. The van der Waals surface area contributed by atoms with Gasteiger partial charge < -0.3 is 19.3 Å². The van der Waals surface area contributed by atoms with Gasteiger partial charge in [-0.25, -0.2) is 4.39 Å². The van der Waals surface area contributed by atoms with Gasteiger partial charge in [-0.2, -0.15) is 0 Å². The highest BCUT2D eigenvalue weighted by Crippen LogP contribution is 2.47. The first-order valence-electron chi connectivity index (χ1n) is 9.70. The van der Waals surface area contributed by atoms with Crippen LogP contribution in [0.25, 0.3) is 17.2 Å². The zero-order chi connectivity index (χ0) is 20.5. The first-order valence-corrected chi connectivity index (χ1v) is 9.70. The Balaban J connectivity index is 1.83. The van der Waals surface area contributed by atoms with Crippen molar-refractivity contribution < 1.29 is 28.5 Å². The molecule has 0 amide bonds. The molecule has 6 heteroatoms. The van der Waals surface area contributed by atoms with Crippen LogP contribution in [-0.4, -0.2) is 30.1 Å². The highest BCUT2D eigenvalue weighted by Gasteiger charge is 2.28. The molecule has 1 fully saturated rings. The lowest BCUT2D eigenvalue weighted by Gasteiger charge is -2.24. The number of aliphatic hydroxyl groups excluding tert-OH is 1. The Kier molecular flexibility index (Phi) is 5.28. The number of rotatable bonds is 4. The van der Waals surface area contributed by atoms with Gasteiger partial charge in [0.05, 0.1) is 12.5 Å². The number of aliphatic hydroxyl groups is 1. The molecule has 29 heavy (non-hydrogen) atoms. The van der Waals surface area contributed by atoms with E-state index in [1.807, 2.05) is 12.1 Å². The average Bonchev–Trinajstić information content (AvgIpc) is 3.13. The molecule has 2 aliphatic rings. The molecule has 4 rings (SSSR count). The minimum atomic E-state index is -0.705. The van der Waals surface area contributed by atoms with Crippen LogP contribution in [0.3, 0.4) is 0 Å². The summed E-state index contributed by atoms with van der Waals surface area (Å²) < 4.78 is 30.2. The van der Waals surface area contributed by atoms with E-state index in [2.05, 4.69) is 13.8 Å². The van der Waals surface area contributed by atoms with E-state index in [1.54, 1.807) is 18.2 Å². The van der Waals surface area contributed by atoms with Crippen molar-refractivity contribution in [3.63, 3.8) is 0 Å². The summed E-state index contributed by atoms with van der Waals surface area (Å²) in [6, 6.07) is 8.19. The molecule has 2 atom stereocenters. The number of ether oxygens (including phenoxy) is 3. The van der Waals surface area contributed by atoms with Crippen molar-refractivity contribution in [3.8, 4) is 22.6 Å². The molecule has 152 valence electrons. The summed E-state index contributed by atoms with van der Waals surface area (Å²) in [6.45, 7) is 4.28. The number of carbonyl (C=O) groups is 1. The van der Waals surface area contributed by atoms with Crippen LogP contribution in [0.15, 0.2) is 36.4 Å². The number of benzene rings is 2. The molecule has 0 spiro atoms. The fourth-order valence-electron chi connectivity index (χ4n) is 3.77. The molecule has 5 nitrogen and oxygen atoms in total. The summed E-state index contributed by atoms with van der Waals surface area (Å²) in [5, 5.41) is 9.87. The van der Waals surface area contributed by atoms with E-state index in [0.717, 1.165) is 22.3 Å². The number of hydrogen-bond acceptors (Lipinski definition) is 5. The molecule has 0 bridgehead atoms. The Bertz CT molecular complexity index is 949. The molecule has 1 saturated heterocycles. The van der Waals surface area contributed by atoms with Crippen molar-refractivity contribution in [2.45, 2.75) is 44.8 Å². The number of cyclic esters (lactones) is 1. The van der Waals surface area contributed by atoms with Gasteiger partial charge in [-0.3, -0.25) is 4.79 Å². The Hall–Kier alpha value is -2.86. The summed E-state index contributed by atoms with van der Waals surface area (Å²) in [5.41, 5.74) is 3.54. The summed E-state index contributed by atoms with van der Waals surface area (Å²) >= 11 is 0. The predicted octanol–water partition coefficient (Wildman–Crippen LogP) is 4.42. The molecule has 1 N–H and O–H groups in total. The van der Waals surface area contributed by atoms with Crippen molar-refractivity contribution in [1.29, 1.82) is 0 Å². The van der Waals surface area contributed by atoms with Gasteiger partial charge in [0.2, 0.25) is 6.79 Å². The van der Waals surface area contributed by atoms with Crippen LogP contribution >= 0.6 is 0 Å². The molecule has 0 saturated carbocycles. The summed E-state index contributed by atoms with van der Waals surface area (Å²) in [4.78, 5) is 11.7. The molecule has 0 aliphatic carbocycles. The highest BCUT2D eigenvalue weighted by molar-refractivity contribution is 5.85. The molecular formula is C23H23FO5. The second-order valence-electron chi connectivity index (χ2n) is 7.63. The standard InChI is InChI=1S/C23H23FO5/c1-13(2)19-11-20-23(28-12-27-20)22(14-3-5-15(24)6-4-14)18(19)8-7-17-9-16(25)10-21(26)29-17/h3-8,11,13,16-17,25H,9-10,12H2,1-2H3/b8-7+/t16-,17-/m0/s1. The second kappa shape index (κ2) is 7.87. The van der Waals surface area contributed by atoms with Gasteiger partial charge in [0.15, 0.2) is 11.5 Å². The zero-order valence-corrected chi connectivity index (χ0v) is 16.4. The third-order valence-corrected chi connectivity index (χ3v) is 5.16. The van der Waals surface area contributed by atoms with Crippen molar-refractivity contribution >= 4 is 12.0 Å². The van der Waals surface area contributed by atoms with E-state index in [9.17, 15) is 14.3 Å². The van der Waals surface area contributed by atoms with Crippen molar-refractivity contribution in [2.24, 2.45) is 0 Å². The van der Waals surface area contributed by atoms with Gasteiger partial charge in [-0.15, -0.1) is 0 Å². The van der Waals surface area contributed by atoms with Crippen LogP contribution in [0.1, 0.15) is 43.7 Å². The van der Waals surface area contributed by atoms with E-state index in [4.69, 9.17) is 14.2 Å². The fraction of sp³-hybridized carbons (Fsp3) is 0.348. The Morgan fingerprint density at radius 1 is 1.21 bits per heavy atom. The summed E-state index contributed by atoms with van der Waals surface area (Å²) in [7, 11) is 0. The quantitative estimate of drug-likeness (QED) is 0.772. The van der Waals surface area contributed by atoms with Crippen LogP contribution in [0.5, 0.6) is 11.5 Å². The summed E-state index contributed by atoms with van der Waals surface area (Å²) in [6.07, 6.45) is 2.85. The molecule has 2 aromatic carbocycles. The van der Waals surface area contributed by atoms with Gasteiger partial charge in [0.25, 0.3) is 0 Å². The number of carbonyl (C=O) groups excluding carboxylic acids is 1. The van der Waals surface area contributed by atoms with Gasteiger partial charge >= 0.3 is 5.97 Å². The van der Waals surface area contributed by atoms with Crippen molar-refractivity contribution in [1.82, 2.24) is 0 Å². The zero-order valence-electron chi connectivity index (χ0n) is 16.4. The van der Waals surface area contributed by atoms with Gasteiger partial charge in [-0.1, -0.05) is 32.1 Å². The maximum Gasteiger partial charge on any atom is 0.309 e. The Morgan fingerprint density at radius 2 is 1.97 bits per heavy atom. The van der Waals surface area contributed by atoms with E-state index < -0.39 is 18.2 Å². The molecular weight excluding hydrogens is 375 g/mol. The van der Waals surface area contributed by atoms with Gasteiger partial charge in [-0.05, 0) is 46.9 Å². The van der Waals surface area contributed by atoms with Crippen LogP contribution in [0, 0.1) is 5.82 Å². The minimum absolute atomic E-state index is 0.0203. The van der Waals surface area contributed by atoms with Crippen LogP contribution < -0.4 is 9.47 Å². The van der Waals surface area contributed by atoms with Gasteiger partial charge in [0, 0.05) is 12.0 Å². The molecule has 0 unspecified atom stereocenters. The topological polar surface area (TPSA) is 65.0 Å². The van der Waals surface area contributed by atoms with Crippen molar-refractivity contribution in [2.75, 3.05) is 6.79 Å². The van der Waals surface area contributed by atoms with Gasteiger partial charge in [0.1, 0.15) is 11.9 Å². The SMILES string of the molecule is CC(C)c1cc2c(c(-c3ccc(F)cc3)c1/C=C/[C@H]1C[C@H](O)CC(=O)O1)OCO2. The third kappa shape index (κ3) is 3.98. The van der Waals surface area contributed by atoms with E-state index in [0.29, 0.717) is 17.9 Å². The van der Waals surface area contributed by atoms with Crippen LogP contribution in [0.4, 0.5) is 4.39 Å². The average molecular weight is 398 g/mol. The van der Waals surface area contributed by atoms with E-state index in [-0.39, 0.29) is 24.9 Å². The molecule has 0 aromatic heterocycles. The minimum Gasteiger partial charge on any atom is -0.458 e. The predicted molar refractivity (Wildman–Crippen MR) is 106 cm³/mol. The number of halogens is 1. The second-order valence-corrected chi connectivity index (χ2v) is 7.63. The molecule has 2 aromatic rings. The van der Waals surface area contributed by atoms with Crippen LogP contribution in [0.2, 0.25) is 0 Å². The normalized spacial score (nSPS) is 21.1. The highest BCUT2D eigenvalue weighted by atomic mass is 19.1. The third-order valence-electron chi connectivity index (χ3n) is 5.16. The summed E-state index contributed by atoms with van der Waals surface area (Å²) in [5.74, 6) is 0.726. The Morgan fingerprint density at radius 3 is 2.66 bits per heavy atom. The lowest BCUT2D eigenvalue weighted by molar-refractivity contribution is -0.156. The monoisotopic (exact) mass is 398 g/mol. The maximum atomic E-state index is 13.5. The first-order chi connectivity index (χ1) is 13.9. The fourth-order valence-corrected chi connectivity index (χ4v) is 3.77. The molecule has 2 heterocycles. The largest absolute Gasteiger partial charge is 0.458 e. The lowest BCUT2D eigenvalue weighted by atomic mass is 9.88. The Labute approximate surface area is 168 Å². The number of esters is 1. The number of fused-ring (bicyclic) bond motifs is 1. The maximum absolute atomic E-state index is 13.5. The smallest absolute Gasteiger partial charge is 0.309 e. The number of hydrogen-bond donors (Lipinski definition) is 1.